The number of nitrogens with one attached hydrogen (secondary N) is 4. The Bertz CT molecular complexity index is 848. The second kappa shape index (κ2) is 14.0. The molecular formula is C27H42N4O4. The van der Waals surface area contributed by atoms with Crippen LogP contribution in [0.15, 0.2) is 18.2 Å². The summed E-state index contributed by atoms with van der Waals surface area (Å²) in [4.78, 5) is 25.7. The van der Waals surface area contributed by atoms with Crippen molar-refractivity contribution < 1.29 is 19.1 Å². The minimum atomic E-state index is -0.518. The number of hydrogen-bond acceptors (Lipinski definition) is 5. The molecule has 35 heavy (non-hydrogen) atoms. The highest BCUT2D eigenvalue weighted by molar-refractivity contribution is 5.98. The molecule has 0 radical (unpaired) electrons. The number of methoxy groups -OCH3 is 2. The summed E-state index contributed by atoms with van der Waals surface area (Å²) in [6.07, 6.45) is 12.8. The van der Waals surface area contributed by atoms with Crippen molar-refractivity contribution in [2.75, 3.05) is 20.8 Å². The van der Waals surface area contributed by atoms with Crippen molar-refractivity contribution in [1.29, 1.82) is 5.41 Å². The lowest BCUT2D eigenvalue weighted by molar-refractivity contribution is -0.124. The molecule has 0 aromatic heterocycles. The minimum absolute atomic E-state index is 0.0694. The van der Waals surface area contributed by atoms with E-state index in [0.29, 0.717) is 36.3 Å². The third kappa shape index (κ3) is 8.75. The van der Waals surface area contributed by atoms with Crippen molar-refractivity contribution in [3.8, 4) is 11.5 Å². The molecule has 3 rings (SSSR count). The van der Waals surface area contributed by atoms with Gasteiger partial charge in [-0.25, -0.2) is 0 Å². The molecular weight excluding hydrogens is 444 g/mol. The quantitative estimate of drug-likeness (QED) is 0.296. The summed E-state index contributed by atoms with van der Waals surface area (Å²) < 4.78 is 10.5. The summed E-state index contributed by atoms with van der Waals surface area (Å²) in [7, 11) is 3.11. The molecule has 2 aliphatic rings. The molecule has 2 amide bonds. The lowest BCUT2D eigenvalue weighted by Gasteiger charge is -2.28. The van der Waals surface area contributed by atoms with Gasteiger partial charge in [0.2, 0.25) is 11.8 Å². The zero-order valence-corrected chi connectivity index (χ0v) is 21.3. The van der Waals surface area contributed by atoms with E-state index in [1.165, 1.54) is 51.4 Å². The van der Waals surface area contributed by atoms with E-state index in [-0.39, 0.29) is 24.2 Å². The number of ether oxygens (including phenoxy) is 2. The summed E-state index contributed by atoms with van der Waals surface area (Å²) in [6, 6.07) is 4.78. The maximum Gasteiger partial charge on any atom is 0.242 e. The average molecular weight is 487 g/mol. The van der Waals surface area contributed by atoms with Crippen molar-refractivity contribution >= 4 is 17.8 Å². The fourth-order valence-electron chi connectivity index (χ4n) is 5.32. The van der Waals surface area contributed by atoms with Crippen LogP contribution in [0.1, 0.15) is 76.2 Å². The van der Waals surface area contributed by atoms with Crippen molar-refractivity contribution in [3.63, 3.8) is 0 Å². The van der Waals surface area contributed by atoms with Crippen molar-refractivity contribution in [2.45, 2.75) is 83.1 Å². The van der Waals surface area contributed by atoms with Crippen LogP contribution in [0.5, 0.6) is 11.5 Å². The summed E-state index contributed by atoms with van der Waals surface area (Å²) in [5.74, 6) is 1.63. The molecule has 1 aromatic carbocycles. The number of carbonyl (C=O) groups excluding carboxylic acids is 2. The standard InChI is InChI=1S/C27H42N4O4/c1-34-23-14-13-21(16-24(23)35-2)17-25(32)31-27(28)30-22(15-19-9-5-3-6-10-19)26(33)29-18-20-11-7-4-8-12-20/h13-14,16,19-20,22H,3-12,15,17-18H2,1-2H3,(H,29,33)(H3,28,30,31,32)/t22-/m1/s1. The highest BCUT2D eigenvalue weighted by atomic mass is 16.5. The fourth-order valence-corrected chi connectivity index (χ4v) is 5.32. The van der Waals surface area contributed by atoms with E-state index in [0.717, 1.165) is 18.4 Å². The van der Waals surface area contributed by atoms with Crippen LogP contribution >= 0.6 is 0 Å². The molecule has 2 saturated carbocycles. The highest BCUT2D eigenvalue weighted by Gasteiger charge is 2.26. The Morgan fingerprint density at radius 3 is 2.20 bits per heavy atom. The molecule has 1 atom stereocenters. The van der Waals surface area contributed by atoms with Gasteiger partial charge in [-0.15, -0.1) is 0 Å². The first-order chi connectivity index (χ1) is 17.0. The zero-order valence-electron chi connectivity index (χ0n) is 21.3. The Morgan fingerprint density at radius 2 is 1.57 bits per heavy atom. The molecule has 2 fully saturated rings. The molecule has 194 valence electrons. The van der Waals surface area contributed by atoms with Gasteiger partial charge >= 0.3 is 0 Å². The van der Waals surface area contributed by atoms with Gasteiger partial charge in [-0.1, -0.05) is 57.4 Å². The normalized spacial score (nSPS) is 17.8. The number of benzene rings is 1. The van der Waals surface area contributed by atoms with Gasteiger partial charge in [0.15, 0.2) is 17.5 Å². The van der Waals surface area contributed by atoms with Gasteiger partial charge < -0.3 is 20.1 Å². The maximum absolute atomic E-state index is 13.1. The number of guanidine groups is 1. The predicted octanol–water partition coefficient (Wildman–Crippen LogP) is 3.92. The second-order valence-corrected chi connectivity index (χ2v) is 9.98. The Hall–Kier alpha value is -2.77. The van der Waals surface area contributed by atoms with Crippen LogP contribution in [0.3, 0.4) is 0 Å². The van der Waals surface area contributed by atoms with Crippen molar-refractivity contribution in [3.05, 3.63) is 23.8 Å². The highest BCUT2D eigenvalue weighted by Crippen LogP contribution is 2.29. The van der Waals surface area contributed by atoms with E-state index < -0.39 is 6.04 Å². The summed E-state index contributed by atoms with van der Waals surface area (Å²) in [5, 5.41) is 17.1. The fraction of sp³-hybridized carbons (Fsp3) is 0.667. The number of amides is 2. The minimum Gasteiger partial charge on any atom is -0.493 e. The average Bonchev–Trinajstić information content (AvgIpc) is 2.87. The largest absolute Gasteiger partial charge is 0.493 e. The molecule has 0 unspecified atom stereocenters. The van der Waals surface area contributed by atoms with Crippen molar-refractivity contribution in [1.82, 2.24) is 16.0 Å². The third-order valence-electron chi connectivity index (χ3n) is 7.30. The molecule has 8 nitrogen and oxygen atoms in total. The Kier molecular flexibility index (Phi) is 10.7. The van der Waals surface area contributed by atoms with Crippen LogP contribution in [-0.2, 0) is 16.0 Å². The van der Waals surface area contributed by atoms with Gasteiger partial charge in [0.1, 0.15) is 6.04 Å². The molecule has 0 saturated heterocycles. The van der Waals surface area contributed by atoms with Gasteiger partial charge in [-0.2, -0.15) is 0 Å². The predicted molar refractivity (Wildman–Crippen MR) is 137 cm³/mol. The number of hydrogen-bond donors (Lipinski definition) is 4. The Morgan fingerprint density at radius 1 is 0.943 bits per heavy atom. The van der Waals surface area contributed by atoms with Crippen molar-refractivity contribution in [2.24, 2.45) is 11.8 Å². The van der Waals surface area contributed by atoms with E-state index in [9.17, 15) is 9.59 Å². The van der Waals surface area contributed by atoms with Gasteiger partial charge in [-0.05, 0) is 48.8 Å². The summed E-state index contributed by atoms with van der Waals surface area (Å²) in [6.45, 7) is 0.695. The molecule has 8 heteroatoms. The van der Waals surface area contributed by atoms with E-state index in [1.807, 2.05) is 0 Å². The van der Waals surface area contributed by atoms with Gasteiger partial charge in [0, 0.05) is 6.54 Å². The molecule has 0 spiro atoms. The number of carbonyl (C=O) groups is 2. The van der Waals surface area contributed by atoms with Crippen LogP contribution in [0.25, 0.3) is 0 Å². The molecule has 2 aliphatic carbocycles. The lowest BCUT2D eigenvalue weighted by atomic mass is 9.84. The smallest absolute Gasteiger partial charge is 0.242 e. The topological polar surface area (TPSA) is 113 Å². The van der Waals surface area contributed by atoms with Crippen LogP contribution in [0.2, 0.25) is 0 Å². The zero-order chi connectivity index (χ0) is 25.0. The first-order valence-electron chi connectivity index (χ1n) is 13.1. The Labute approximate surface area is 209 Å². The van der Waals surface area contributed by atoms with Gasteiger partial charge in [0.05, 0.1) is 20.6 Å². The van der Waals surface area contributed by atoms with Crippen LogP contribution in [0, 0.1) is 17.2 Å². The molecule has 1 aromatic rings. The lowest BCUT2D eigenvalue weighted by Crippen LogP contribution is -2.53. The van der Waals surface area contributed by atoms with E-state index in [4.69, 9.17) is 14.9 Å². The van der Waals surface area contributed by atoms with E-state index in [1.54, 1.807) is 32.4 Å². The van der Waals surface area contributed by atoms with Gasteiger partial charge in [-0.3, -0.25) is 20.3 Å². The molecule has 0 bridgehead atoms. The monoisotopic (exact) mass is 486 g/mol. The van der Waals surface area contributed by atoms with Crippen LogP contribution in [0.4, 0.5) is 0 Å². The Balaban J connectivity index is 1.54. The molecule has 4 N–H and O–H groups in total. The number of rotatable bonds is 10. The molecule has 0 aliphatic heterocycles. The van der Waals surface area contributed by atoms with E-state index in [2.05, 4.69) is 16.0 Å². The van der Waals surface area contributed by atoms with Crippen LogP contribution in [-0.4, -0.2) is 44.6 Å². The van der Waals surface area contributed by atoms with Crippen LogP contribution < -0.4 is 25.4 Å². The third-order valence-corrected chi connectivity index (χ3v) is 7.30. The summed E-state index contributed by atoms with van der Waals surface area (Å²) in [5.41, 5.74) is 0.747. The molecule has 0 heterocycles. The first-order valence-corrected chi connectivity index (χ1v) is 13.1. The first kappa shape index (κ1) is 26.8. The van der Waals surface area contributed by atoms with E-state index >= 15 is 0 Å². The van der Waals surface area contributed by atoms with Gasteiger partial charge in [0.25, 0.3) is 0 Å². The SMILES string of the molecule is COc1ccc(CC(=O)NC(=N)N[C@H](CC2CCCCC2)C(=O)NCC2CCCCC2)cc1OC. The second-order valence-electron chi connectivity index (χ2n) is 9.98. The summed E-state index contributed by atoms with van der Waals surface area (Å²) >= 11 is 0. The maximum atomic E-state index is 13.1.